The maximum absolute atomic E-state index is 9.17. The zero-order valence-corrected chi connectivity index (χ0v) is 11.6. The molecule has 4 heteroatoms. The summed E-state index contributed by atoms with van der Waals surface area (Å²) >= 11 is 1.88. The third kappa shape index (κ3) is 4.28. The maximum Gasteiger partial charge on any atom is 0.0936 e. The van der Waals surface area contributed by atoms with Crippen molar-refractivity contribution in [2.24, 2.45) is 0 Å². The standard InChI is InChI=1S/C14H21NO2S/c1-12-9-15(10-13(11-16)17-12)7-8-18-14-5-3-2-4-6-14/h2-6,12-13,16H,7-11H2,1H3. The highest BCUT2D eigenvalue weighted by atomic mass is 32.2. The van der Waals surface area contributed by atoms with Crippen LogP contribution in [0, 0.1) is 0 Å². The Morgan fingerprint density at radius 2 is 2.11 bits per heavy atom. The zero-order valence-electron chi connectivity index (χ0n) is 10.8. The van der Waals surface area contributed by atoms with Gasteiger partial charge in [0.25, 0.3) is 0 Å². The largest absolute Gasteiger partial charge is 0.394 e. The lowest BCUT2D eigenvalue weighted by molar-refractivity contribution is -0.0935. The lowest BCUT2D eigenvalue weighted by atomic mass is 10.2. The highest BCUT2D eigenvalue weighted by Gasteiger charge is 2.24. The lowest BCUT2D eigenvalue weighted by Gasteiger charge is -2.35. The molecule has 0 amide bonds. The predicted octanol–water partition coefficient (Wildman–Crippen LogP) is 1.86. The summed E-state index contributed by atoms with van der Waals surface area (Å²) in [5.41, 5.74) is 0. The van der Waals surface area contributed by atoms with Crippen molar-refractivity contribution >= 4 is 11.8 Å². The van der Waals surface area contributed by atoms with Crippen LogP contribution in [0.15, 0.2) is 35.2 Å². The average molecular weight is 267 g/mol. The van der Waals surface area contributed by atoms with Crippen LogP contribution in [-0.2, 0) is 4.74 Å². The number of hydrogen-bond donors (Lipinski definition) is 1. The Bertz CT molecular complexity index is 347. The number of morpholine rings is 1. The molecule has 0 aromatic heterocycles. The monoisotopic (exact) mass is 267 g/mol. The van der Waals surface area contributed by atoms with E-state index in [1.54, 1.807) is 0 Å². The van der Waals surface area contributed by atoms with Crippen molar-refractivity contribution in [2.75, 3.05) is 32.0 Å². The number of hydrogen-bond acceptors (Lipinski definition) is 4. The molecule has 1 fully saturated rings. The van der Waals surface area contributed by atoms with Gasteiger partial charge in [-0.2, -0.15) is 0 Å². The Morgan fingerprint density at radius 3 is 2.83 bits per heavy atom. The van der Waals surface area contributed by atoms with E-state index in [0.29, 0.717) is 0 Å². The first kappa shape index (κ1) is 13.9. The van der Waals surface area contributed by atoms with Crippen LogP contribution in [0.5, 0.6) is 0 Å². The number of thioether (sulfide) groups is 1. The number of rotatable bonds is 5. The van der Waals surface area contributed by atoms with Gasteiger partial charge in [-0.1, -0.05) is 18.2 Å². The van der Waals surface area contributed by atoms with Gasteiger partial charge in [-0.05, 0) is 19.1 Å². The van der Waals surface area contributed by atoms with Crippen molar-refractivity contribution in [2.45, 2.75) is 24.0 Å². The van der Waals surface area contributed by atoms with Crippen molar-refractivity contribution in [3.63, 3.8) is 0 Å². The molecule has 0 aliphatic carbocycles. The summed E-state index contributed by atoms with van der Waals surface area (Å²) in [5.74, 6) is 1.08. The lowest BCUT2D eigenvalue weighted by Crippen LogP contribution is -2.48. The van der Waals surface area contributed by atoms with E-state index in [4.69, 9.17) is 4.74 Å². The number of ether oxygens (including phenoxy) is 1. The van der Waals surface area contributed by atoms with Gasteiger partial charge in [-0.15, -0.1) is 11.8 Å². The number of benzene rings is 1. The van der Waals surface area contributed by atoms with Crippen LogP contribution in [0.1, 0.15) is 6.92 Å². The molecule has 1 heterocycles. The molecule has 3 nitrogen and oxygen atoms in total. The van der Waals surface area contributed by atoms with Gasteiger partial charge in [0.05, 0.1) is 18.8 Å². The highest BCUT2D eigenvalue weighted by Crippen LogP contribution is 2.18. The van der Waals surface area contributed by atoms with E-state index in [1.807, 2.05) is 17.8 Å². The fourth-order valence-electron chi connectivity index (χ4n) is 2.23. The summed E-state index contributed by atoms with van der Waals surface area (Å²) < 4.78 is 5.63. The fraction of sp³-hybridized carbons (Fsp3) is 0.571. The van der Waals surface area contributed by atoms with Gasteiger partial charge in [0.1, 0.15) is 0 Å². The molecule has 1 aliphatic rings. The first-order chi connectivity index (χ1) is 8.78. The van der Waals surface area contributed by atoms with E-state index < -0.39 is 0 Å². The van der Waals surface area contributed by atoms with E-state index >= 15 is 0 Å². The quantitative estimate of drug-likeness (QED) is 0.826. The van der Waals surface area contributed by atoms with Gasteiger partial charge in [0.2, 0.25) is 0 Å². The molecule has 100 valence electrons. The third-order valence-corrected chi connectivity index (χ3v) is 4.02. The molecular weight excluding hydrogens is 246 g/mol. The molecule has 2 unspecified atom stereocenters. The second-order valence-electron chi connectivity index (χ2n) is 4.67. The van der Waals surface area contributed by atoms with Crippen molar-refractivity contribution < 1.29 is 9.84 Å². The first-order valence-corrected chi connectivity index (χ1v) is 7.43. The average Bonchev–Trinajstić information content (AvgIpc) is 2.39. The summed E-state index contributed by atoms with van der Waals surface area (Å²) in [5, 5.41) is 9.17. The zero-order chi connectivity index (χ0) is 12.8. The van der Waals surface area contributed by atoms with E-state index in [1.165, 1.54) is 4.90 Å². The van der Waals surface area contributed by atoms with Crippen LogP contribution in [0.2, 0.25) is 0 Å². The maximum atomic E-state index is 9.17. The third-order valence-electron chi connectivity index (χ3n) is 3.02. The minimum atomic E-state index is -0.0181. The Morgan fingerprint density at radius 1 is 1.33 bits per heavy atom. The van der Waals surface area contributed by atoms with Gasteiger partial charge in [0.15, 0.2) is 0 Å². The topological polar surface area (TPSA) is 32.7 Å². The normalized spacial score (nSPS) is 25.2. The Kier molecular flexibility index (Phi) is 5.50. The molecule has 1 N–H and O–H groups in total. The van der Waals surface area contributed by atoms with Crippen molar-refractivity contribution in [3.8, 4) is 0 Å². The van der Waals surface area contributed by atoms with Crippen molar-refractivity contribution in [1.29, 1.82) is 0 Å². The Hall–Kier alpha value is -0.550. The molecule has 2 atom stereocenters. The van der Waals surface area contributed by atoms with Gasteiger partial charge in [0, 0.05) is 30.3 Å². The molecule has 0 radical (unpaired) electrons. The molecule has 2 rings (SSSR count). The summed E-state index contributed by atoms with van der Waals surface area (Å²) in [7, 11) is 0. The molecule has 18 heavy (non-hydrogen) atoms. The summed E-state index contributed by atoms with van der Waals surface area (Å²) in [6.45, 7) is 5.04. The Balaban J connectivity index is 1.73. The minimum absolute atomic E-state index is 0.0181. The second-order valence-corrected chi connectivity index (χ2v) is 5.84. The van der Waals surface area contributed by atoms with Gasteiger partial charge >= 0.3 is 0 Å². The van der Waals surface area contributed by atoms with Crippen LogP contribution in [-0.4, -0.2) is 54.2 Å². The van der Waals surface area contributed by atoms with Gasteiger partial charge < -0.3 is 9.84 Å². The SMILES string of the molecule is CC1CN(CCSc2ccccc2)CC(CO)O1. The van der Waals surface area contributed by atoms with Gasteiger partial charge in [-0.25, -0.2) is 0 Å². The minimum Gasteiger partial charge on any atom is -0.394 e. The van der Waals surface area contributed by atoms with E-state index in [-0.39, 0.29) is 18.8 Å². The predicted molar refractivity (Wildman–Crippen MR) is 75.0 cm³/mol. The fourth-order valence-corrected chi connectivity index (χ4v) is 3.17. The smallest absolute Gasteiger partial charge is 0.0936 e. The molecule has 1 aromatic rings. The van der Waals surface area contributed by atoms with Crippen molar-refractivity contribution in [1.82, 2.24) is 4.90 Å². The molecule has 0 saturated carbocycles. The van der Waals surface area contributed by atoms with Crippen molar-refractivity contribution in [3.05, 3.63) is 30.3 Å². The van der Waals surface area contributed by atoms with E-state index in [0.717, 1.165) is 25.4 Å². The van der Waals surface area contributed by atoms with Gasteiger partial charge in [-0.3, -0.25) is 4.90 Å². The molecule has 1 aromatic carbocycles. The molecule has 1 saturated heterocycles. The van der Waals surface area contributed by atoms with Crippen LogP contribution >= 0.6 is 11.8 Å². The van der Waals surface area contributed by atoms with Crippen LogP contribution in [0.4, 0.5) is 0 Å². The number of aliphatic hydroxyl groups excluding tert-OH is 1. The van der Waals surface area contributed by atoms with E-state index in [2.05, 4.69) is 36.1 Å². The molecular formula is C14H21NO2S. The van der Waals surface area contributed by atoms with Crippen LogP contribution in [0.25, 0.3) is 0 Å². The molecule has 1 aliphatic heterocycles. The molecule has 0 spiro atoms. The van der Waals surface area contributed by atoms with Crippen LogP contribution < -0.4 is 0 Å². The summed E-state index contributed by atoms with van der Waals surface area (Å²) in [6, 6.07) is 10.5. The molecule has 0 bridgehead atoms. The van der Waals surface area contributed by atoms with E-state index in [9.17, 15) is 5.11 Å². The number of nitrogens with zero attached hydrogens (tertiary/aromatic N) is 1. The first-order valence-electron chi connectivity index (χ1n) is 6.44. The highest BCUT2D eigenvalue weighted by molar-refractivity contribution is 7.99. The summed E-state index contributed by atoms with van der Waals surface area (Å²) in [4.78, 5) is 3.70. The Labute approximate surface area is 113 Å². The number of aliphatic hydroxyl groups is 1. The second kappa shape index (κ2) is 7.14. The summed E-state index contributed by atoms with van der Waals surface area (Å²) in [6.07, 6.45) is 0.202. The van der Waals surface area contributed by atoms with Crippen LogP contribution in [0.3, 0.4) is 0 Å².